The van der Waals surface area contributed by atoms with E-state index < -0.39 is 0 Å². The van der Waals surface area contributed by atoms with Crippen LogP contribution >= 0.6 is 0 Å². The Hall–Kier alpha value is -5.41. The summed E-state index contributed by atoms with van der Waals surface area (Å²) >= 11 is 0. The quantitative estimate of drug-likeness (QED) is 0.217. The molecule has 1 atom stereocenters. The molecule has 42 heavy (non-hydrogen) atoms. The highest BCUT2D eigenvalue weighted by molar-refractivity contribution is 5.97. The Kier molecular flexibility index (Phi) is 5.93. The number of fused-ring (bicyclic) bond motifs is 5. The van der Waals surface area contributed by atoms with Gasteiger partial charge in [0.1, 0.15) is 11.3 Å². The van der Waals surface area contributed by atoms with Crippen LogP contribution in [0.5, 0.6) is 0 Å². The first-order valence-electron chi connectivity index (χ1n) is 14.4. The standard InChI is InChI=1S/C39H28N2O/c1-3-9-27(10-4-1)28-15-19-32(20-16-28)41(31-11-5-2-6-12-31)33-21-17-29(18-22-33)35-25-30-23-24-40-26-36(30)38-34-13-7-8-14-37(34)42-39(35)38/h1-24,26,35H,25H2. The average Bonchev–Trinajstić information content (AvgIpc) is 3.46. The van der Waals surface area contributed by atoms with Crippen LogP contribution in [0.15, 0.2) is 156 Å². The van der Waals surface area contributed by atoms with Gasteiger partial charge in [-0.15, -0.1) is 0 Å². The number of para-hydroxylation sites is 2. The molecule has 7 aromatic rings. The zero-order chi connectivity index (χ0) is 27.9. The second-order valence-electron chi connectivity index (χ2n) is 10.8. The third-order valence-corrected chi connectivity index (χ3v) is 8.34. The first-order valence-corrected chi connectivity index (χ1v) is 14.4. The molecule has 0 spiro atoms. The highest BCUT2D eigenvalue weighted by Gasteiger charge is 2.31. The third-order valence-electron chi connectivity index (χ3n) is 8.34. The van der Waals surface area contributed by atoms with Crippen molar-refractivity contribution in [1.82, 2.24) is 4.98 Å². The Morgan fingerprint density at radius 1 is 0.595 bits per heavy atom. The molecule has 3 nitrogen and oxygen atoms in total. The molecule has 2 heterocycles. The average molecular weight is 541 g/mol. The lowest BCUT2D eigenvalue weighted by Gasteiger charge is -2.27. The molecule has 0 bridgehead atoms. The predicted octanol–water partition coefficient (Wildman–Crippen LogP) is 10.3. The number of nitrogens with zero attached hydrogens (tertiary/aromatic N) is 2. The fourth-order valence-corrected chi connectivity index (χ4v) is 6.31. The smallest absolute Gasteiger partial charge is 0.134 e. The van der Waals surface area contributed by atoms with Gasteiger partial charge in [0.25, 0.3) is 0 Å². The molecule has 200 valence electrons. The topological polar surface area (TPSA) is 29.3 Å². The van der Waals surface area contributed by atoms with Crippen molar-refractivity contribution in [2.24, 2.45) is 0 Å². The number of hydrogen-bond donors (Lipinski definition) is 0. The molecule has 8 rings (SSSR count). The molecule has 1 aliphatic rings. The molecular formula is C39H28N2O. The van der Waals surface area contributed by atoms with Crippen LogP contribution in [0.25, 0.3) is 33.2 Å². The van der Waals surface area contributed by atoms with Gasteiger partial charge in [-0.05, 0) is 77.2 Å². The Morgan fingerprint density at radius 3 is 1.98 bits per heavy atom. The number of hydrogen-bond acceptors (Lipinski definition) is 3. The van der Waals surface area contributed by atoms with Crippen LogP contribution in [0.1, 0.15) is 22.8 Å². The second kappa shape index (κ2) is 10.2. The van der Waals surface area contributed by atoms with E-state index in [1.807, 2.05) is 18.5 Å². The number of furan rings is 1. The van der Waals surface area contributed by atoms with Gasteiger partial charge in [0, 0.05) is 51.9 Å². The van der Waals surface area contributed by atoms with Crippen molar-refractivity contribution in [3.05, 3.63) is 169 Å². The van der Waals surface area contributed by atoms with Gasteiger partial charge in [-0.2, -0.15) is 0 Å². The van der Waals surface area contributed by atoms with E-state index in [9.17, 15) is 0 Å². The minimum Gasteiger partial charge on any atom is -0.460 e. The Bertz CT molecular complexity index is 1990. The molecule has 0 radical (unpaired) electrons. The van der Waals surface area contributed by atoms with Crippen molar-refractivity contribution in [3.63, 3.8) is 0 Å². The van der Waals surface area contributed by atoms with Crippen LogP contribution in [0, 0.1) is 0 Å². The number of aromatic nitrogens is 1. The zero-order valence-corrected chi connectivity index (χ0v) is 23.0. The van der Waals surface area contributed by atoms with Crippen LogP contribution < -0.4 is 4.90 Å². The summed E-state index contributed by atoms with van der Waals surface area (Å²) in [5.41, 5.74) is 11.6. The summed E-state index contributed by atoms with van der Waals surface area (Å²) in [5, 5.41) is 1.15. The molecule has 0 fully saturated rings. The molecule has 0 amide bonds. The van der Waals surface area contributed by atoms with Crippen LogP contribution in [0.4, 0.5) is 17.1 Å². The summed E-state index contributed by atoms with van der Waals surface area (Å²) in [7, 11) is 0. The van der Waals surface area contributed by atoms with Gasteiger partial charge in [0.05, 0.1) is 0 Å². The molecule has 1 aliphatic carbocycles. The highest BCUT2D eigenvalue weighted by Crippen LogP contribution is 2.48. The molecule has 1 unspecified atom stereocenters. The largest absolute Gasteiger partial charge is 0.460 e. The maximum Gasteiger partial charge on any atom is 0.134 e. The van der Waals surface area contributed by atoms with Gasteiger partial charge in [-0.25, -0.2) is 0 Å². The maximum absolute atomic E-state index is 6.54. The van der Waals surface area contributed by atoms with Gasteiger partial charge >= 0.3 is 0 Å². The minimum absolute atomic E-state index is 0.131. The Morgan fingerprint density at radius 2 is 1.21 bits per heavy atom. The van der Waals surface area contributed by atoms with Gasteiger partial charge in [-0.1, -0.05) is 91.0 Å². The zero-order valence-electron chi connectivity index (χ0n) is 23.0. The summed E-state index contributed by atoms with van der Waals surface area (Å²) in [5.74, 6) is 1.16. The van der Waals surface area contributed by atoms with Gasteiger partial charge in [-0.3, -0.25) is 4.98 Å². The molecular weight excluding hydrogens is 512 g/mol. The monoisotopic (exact) mass is 540 g/mol. The lowest BCUT2D eigenvalue weighted by molar-refractivity contribution is 0.515. The number of rotatable bonds is 5. The molecule has 0 N–H and O–H groups in total. The van der Waals surface area contributed by atoms with E-state index in [2.05, 4.69) is 143 Å². The first-order chi connectivity index (χ1) is 20.8. The lowest BCUT2D eigenvalue weighted by Crippen LogP contribution is -2.13. The van der Waals surface area contributed by atoms with E-state index in [1.165, 1.54) is 33.4 Å². The molecule has 3 heteroatoms. The fraction of sp³-hybridized carbons (Fsp3) is 0.0513. The van der Waals surface area contributed by atoms with E-state index in [-0.39, 0.29) is 5.92 Å². The van der Waals surface area contributed by atoms with Gasteiger partial charge < -0.3 is 9.32 Å². The van der Waals surface area contributed by atoms with Crippen molar-refractivity contribution in [2.45, 2.75) is 12.3 Å². The molecule has 0 saturated carbocycles. The number of pyridine rings is 1. The normalized spacial score (nSPS) is 13.9. The summed E-state index contributed by atoms with van der Waals surface area (Å²) in [4.78, 5) is 6.76. The van der Waals surface area contributed by atoms with E-state index >= 15 is 0 Å². The molecule has 0 saturated heterocycles. The molecule has 2 aromatic heterocycles. The van der Waals surface area contributed by atoms with Crippen molar-refractivity contribution >= 4 is 28.0 Å². The maximum atomic E-state index is 6.54. The van der Waals surface area contributed by atoms with E-state index in [1.54, 1.807) is 0 Å². The second-order valence-corrected chi connectivity index (χ2v) is 10.8. The number of benzene rings is 5. The van der Waals surface area contributed by atoms with Crippen LogP contribution in [0.3, 0.4) is 0 Å². The van der Waals surface area contributed by atoms with Gasteiger partial charge in [0.2, 0.25) is 0 Å². The van der Waals surface area contributed by atoms with Gasteiger partial charge in [0.15, 0.2) is 0 Å². The first kappa shape index (κ1) is 24.4. The summed E-state index contributed by atoms with van der Waals surface area (Å²) in [6.07, 6.45) is 4.76. The van der Waals surface area contributed by atoms with Crippen LogP contribution in [0.2, 0.25) is 0 Å². The number of anilines is 3. The van der Waals surface area contributed by atoms with Crippen LogP contribution in [-0.2, 0) is 6.42 Å². The lowest BCUT2D eigenvalue weighted by atomic mass is 9.79. The van der Waals surface area contributed by atoms with Crippen molar-refractivity contribution in [2.75, 3.05) is 4.90 Å². The van der Waals surface area contributed by atoms with E-state index in [4.69, 9.17) is 4.42 Å². The van der Waals surface area contributed by atoms with Crippen molar-refractivity contribution < 1.29 is 4.42 Å². The Labute approximate surface area is 245 Å². The summed E-state index contributed by atoms with van der Waals surface area (Å²) in [6.45, 7) is 0. The van der Waals surface area contributed by atoms with E-state index in [0.29, 0.717) is 0 Å². The fourth-order valence-electron chi connectivity index (χ4n) is 6.31. The minimum atomic E-state index is 0.131. The SMILES string of the molecule is c1ccc(-c2ccc(N(c3ccccc3)c3ccc(C4Cc5ccncc5-c5c4oc4ccccc54)cc3)cc2)cc1. The van der Waals surface area contributed by atoms with Crippen molar-refractivity contribution in [1.29, 1.82) is 0 Å². The van der Waals surface area contributed by atoms with E-state index in [0.717, 1.165) is 40.2 Å². The highest BCUT2D eigenvalue weighted by atomic mass is 16.3. The summed E-state index contributed by atoms with van der Waals surface area (Å²) < 4.78 is 6.54. The molecule has 0 aliphatic heterocycles. The van der Waals surface area contributed by atoms with Crippen molar-refractivity contribution in [3.8, 4) is 22.3 Å². The van der Waals surface area contributed by atoms with Crippen LogP contribution in [-0.4, -0.2) is 4.98 Å². The third kappa shape index (κ3) is 4.18. The predicted molar refractivity (Wildman–Crippen MR) is 172 cm³/mol. The summed E-state index contributed by atoms with van der Waals surface area (Å²) in [6, 6.07) is 49.4. The molecule has 5 aromatic carbocycles. The Balaban J connectivity index is 1.18.